The van der Waals surface area contributed by atoms with Crippen molar-refractivity contribution < 1.29 is 0 Å². The predicted molar refractivity (Wildman–Crippen MR) is 238 cm³/mol. The van der Waals surface area contributed by atoms with Crippen LogP contribution in [0, 0.1) is 0 Å². The predicted octanol–water partition coefficient (Wildman–Crippen LogP) is 12.7. The maximum Gasteiger partial charge on any atom is 0.333 e. The molecular weight excluding hydrogens is 675 g/mol. The van der Waals surface area contributed by atoms with Gasteiger partial charge in [0.25, 0.3) is 0 Å². The molecule has 2 nitrogen and oxygen atoms in total. The highest BCUT2D eigenvalue weighted by atomic mass is 15.2. The van der Waals surface area contributed by atoms with Crippen LogP contribution in [0.5, 0.6) is 0 Å². The van der Waals surface area contributed by atoms with Gasteiger partial charge in [0.05, 0.1) is 11.4 Å². The van der Waals surface area contributed by atoms with Gasteiger partial charge in [0.2, 0.25) is 0 Å². The van der Waals surface area contributed by atoms with Crippen LogP contribution >= 0.6 is 0 Å². The minimum Gasteiger partial charge on any atom is -0.376 e. The van der Waals surface area contributed by atoms with Gasteiger partial charge in [-0.1, -0.05) is 166 Å². The van der Waals surface area contributed by atoms with Gasteiger partial charge in [0, 0.05) is 33.4 Å². The Bertz CT molecular complexity index is 3060. The van der Waals surface area contributed by atoms with Crippen LogP contribution in [-0.2, 0) is 5.41 Å². The van der Waals surface area contributed by atoms with E-state index in [1.165, 1.54) is 105 Å². The molecule has 3 heteroatoms. The number of hydrogen-bond acceptors (Lipinski definition) is 2. The van der Waals surface area contributed by atoms with Gasteiger partial charge >= 0.3 is 6.85 Å². The van der Waals surface area contributed by atoms with E-state index in [2.05, 4.69) is 212 Å². The molecule has 0 unspecified atom stereocenters. The van der Waals surface area contributed by atoms with Crippen molar-refractivity contribution in [3.05, 3.63) is 199 Å². The van der Waals surface area contributed by atoms with E-state index in [1.54, 1.807) is 0 Å². The fraction of sp³-hybridized carbons (Fsp3) is 0.0566. The molecular formula is C53H37BN2. The standard InChI is InChI=1S/C53H37BN2/c1-53(2)45-22-13-23-47-52(45)55(49-33-38-19-10-9-18-37(38)31-46(49)53)51-42-21-12-11-20-40(42)30-44-43-29-26-39(35-16-7-4-8-17-35)32-48(43)56(54(47)50(44)51)41-27-24-36(25-28-41)34-14-5-3-6-15-34/h3-33H,1-2H3. The summed E-state index contributed by atoms with van der Waals surface area (Å²) in [5, 5.41) is 5.08. The van der Waals surface area contributed by atoms with E-state index in [9.17, 15) is 0 Å². The number of anilines is 5. The van der Waals surface area contributed by atoms with Gasteiger partial charge in [-0.05, 0) is 102 Å². The third-order valence-electron chi connectivity index (χ3n) is 12.8. The fourth-order valence-electron chi connectivity index (χ4n) is 10.1. The van der Waals surface area contributed by atoms with Crippen molar-refractivity contribution in [1.82, 2.24) is 0 Å². The summed E-state index contributed by atoms with van der Waals surface area (Å²) >= 11 is 0. The van der Waals surface area contributed by atoms with Crippen LogP contribution in [0.3, 0.4) is 0 Å². The van der Waals surface area contributed by atoms with Crippen molar-refractivity contribution in [1.29, 1.82) is 0 Å². The third kappa shape index (κ3) is 4.34. The van der Waals surface area contributed by atoms with Gasteiger partial charge in [0.15, 0.2) is 0 Å². The smallest absolute Gasteiger partial charge is 0.333 e. The van der Waals surface area contributed by atoms with E-state index in [1.807, 2.05) is 0 Å². The SMILES string of the molecule is CC1(C)c2cc3ccccc3cc2N2c3c(cccc31)B1c3c(cc4ccccc4c32)-c2ccc(-c3ccccc3)cc2N1c1ccc(-c2ccccc2)cc1. The first-order valence-corrected chi connectivity index (χ1v) is 19.7. The maximum atomic E-state index is 2.65. The molecule has 3 aliphatic rings. The topological polar surface area (TPSA) is 6.48 Å². The lowest BCUT2D eigenvalue weighted by Crippen LogP contribution is -2.62. The number of fused-ring (bicyclic) bond motifs is 9. The normalized spacial score (nSPS) is 14.3. The molecule has 3 heterocycles. The van der Waals surface area contributed by atoms with Crippen LogP contribution in [-0.4, -0.2) is 6.85 Å². The van der Waals surface area contributed by atoms with Gasteiger partial charge in [-0.3, -0.25) is 0 Å². The first-order chi connectivity index (χ1) is 27.5. The molecule has 0 radical (unpaired) electrons. The Balaban J connectivity index is 1.20. The quantitative estimate of drug-likeness (QED) is 0.168. The number of para-hydroxylation sites is 1. The molecule has 12 rings (SSSR count). The summed E-state index contributed by atoms with van der Waals surface area (Å²) in [7, 11) is 0. The van der Waals surface area contributed by atoms with Gasteiger partial charge < -0.3 is 9.71 Å². The first-order valence-electron chi connectivity index (χ1n) is 19.7. The first kappa shape index (κ1) is 31.5. The average molecular weight is 713 g/mol. The van der Waals surface area contributed by atoms with E-state index in [0.29, 0.717) is 0 Å². The second kappa shape index (κ2) is 11.6. The summed E-state index contributed by atoms with van der Waals surface area (Å²) in [6.07, 6.45) is 0. The van der Waals surface area contributed by atoms with Gasteiger partial charge in [-0.15, -0.1) is 0 Å². The van der Waals surface area contributed by atoms with Crippen molar-refractivity contribution in [2.45, 2.75) is 19.3 Å². The molecule has 0 aromatic heterocycles. The summed E-state index contributed by atoms with van der Waals surface area (Å²) in [4.78, 5) is 5.29. The van der Waals surface area contributed by atoms with Crippen LogP contribution in [0.1, 0.15) is 25.0 Å². The van der Waals surface area contributed by atoms with E-state index < -0.39 is 0 Å². The summed E-state index contributed by atoms with van der Waals surface area (Å²) in [5.41, 5.74) is 18.9. The molecule has 262 valence electrons. The van der Waals surface area contributed by atoms with Crippen molar-refractivity contribution in [3.8, 4) is 33.4 Å². The zero-order chi connectivity index (χ0) is 37.1. The van der Waals surface area contributed by atoms with E-state index in [4.69, 9.17) is 0 Å². The Morgan fingerprint density at radius 2 is 1.05 bits per heavy atom. The molecule has 3 aliphatic heterocycles. The van der Waals surface area contributed by atoms with Gasteiger partial charge in [-0.25, -0.2) is 0 Å². The molecule has 0 bridgehead atoms. The monoisotopic (exact) mass is 712 g/mol. The Morgan fingerprint density at radius 3 is 1.80 bits per heavy atom. The van der Waals surface area contributed by atoms with Crippen LogP contribution in [0.4, 0.5) is 28.4 Å². The summed E-state index contributed by atoms with van der Waals surface area (Å²) in [6, 6.07) is 70.2. The number of rotatable bonds is 3. The largest absolute Gasteiger partial charge is 0.376 e. The molecule has 9 aromatic carbocycles. The second-order valence-electron chi connectivity index (χ2n) is 16.1. The lowest BCUT2D eigenvalue weighted by Gasteiger charge is -2.51. The Labute approximate surface area is 328 Å². The number of nitrogens with zero attached hydrogens (tertiary/aromatic N) is 2. The molecule has 0 fully saturated rings. The van der Waals surface area contributed by atoms with Crippen molar-refractivity contribution in [2.75, 3.05) is 9.71 Å². The minimum absolute atomic E-state index is 0.0605. The Morgan fingerprint density at radius 1 is 0.429 bits per heavy atom. The average Bonchev–Trinajstić information content (AvgIpc) is 3.26. The van der Waals surface area contributed by atoms with E-state index >= 15 is 0 Å². The Kier molecular flexibility index (Phi) is 6.52. The van der Waals surface area contributed by atoms with Crippen LogP contribution in [0.15, 0.2) is 188 Å². The molecule has 0 aliphatic carbocycles. The van der Waals surface area contributed by atoms with Crippen LogP contribution < -0.4 is 20.6 Å². The van der Waals surface area contributed by atoms with E-state index in [0.717, 1.165) is 0 Å². The highest BCUT2D eigenvalue weighted by Gasteiger charge is 2.50. The molecule has 0 spiro atoms. The van der Waals surface area contributed by atoms with Gasteiger partial charge in [-0.2, -0.15) is 0 Å². The van der Waals surface area contributed by atoms with Crippen molar-refractivity contribution >= 4 is 67.8 Å². The zero-order valence-corrected chi connectivity index (χ0v) is 31.4. The molecule has 0 amide bonds. The lowest BCUT2D eigenvalue weighted by atomic mass is 9.42. The lowest BCUT2D eigenvalue weighted by molar-refractivity contribution is 0.633. The molecule has 0 saturated heterocycles. The molecule has 0 atom stereocenters. The number of benzene rings is 9. The fourth-order valence-corrected chi connectivity index (χ4v) is 10.1. The highest BCUT2D eigenvalue weighted by molar-refractivity contribution is 6.94. The number of hydrogen-bond donors (Lipinski definition) is 0. The molecule has 0 saturated carbocycles. The molecule has 9 aromatic rings. The summed E-state index contributed by atoms with van der Waals surface area (Å²) < 4.78 is 0. The van der Waals surface area contributed by atoms with E-state index in [-0.39, 0.29) is 12.3 Å². The van der Waals surface area contributed by atoms with Crippen LogP contribution in [0.2, 0.25) is 0 Å². The summed E-state index contributed by atoms with van der Waals surface area (Å²) in [6.45, 7) is 4.77. The van der Waals surface area contributed by atoms with Crippen molar-refractivity contribution in [2.24, 2.45) is 0 Å². The highest BCUT2D eigenvalue weighted by Crippen LogP contribution is 2.57. The Hall–Kier alpha value is -6.84. The molecule has 0 N–H and O–H groups in total. The van der Waals surface area contributed by atoms with Gasteiger partial charge in [0.1, 0.15) is 0 Å². The third-order valence-corrected chi connectivity index (χ3v) is 12.8. The summed E-state index contributed by atoms with van der Waals surface area (Å²) in [5.74, 6) is 0. The zero-order valence-electron chi connectivity index (χ0n) is 31.4. The second-order valence-corrected chi connectivity index (χ2v) is 16.1. The van der Waals surface area contributed by atoms with Crippen molar-refractivity contribution in [3.63, 3.8) is 0 Å². The minimum atomic E-state index is -0.221. The molecule has 56 heavy (non-hydrogen) atoms. The maximum absolute atomic E-state index is 2.65. The van der Waals surface area contributed by atoms with Crippen LogP contribution in [0.25, 0.3) is 54.9 Å².